The Hall–Kier alpha value is -2.49. The van der Waals surface area contributed by atoms with Crippen molar-refractivity contribution in [3.63, 3.8) is 0 Å². The fourth-order valence-corrected chi connectivity index (χ4v) is 2.19. The maximum Gasteiger partial charge on any atom is 0.255 e. The maximum absolute atomic E-state index is 12.1. The highest BCUT2D eigenvalue weighted by atomic mass is 16.5. The average molecular weight is 254 g/mol. The number of carbonyl (C=O) groups is 1. The van der Waals surface area contributed by atoms with Gasteiger partial charge < -0.3 is 15.8 Å². The molecule has 0 atom stereocenters. The summed E-state index contributed by atoms with van der Waals surface area (Å²) in [6.07, 6.45) is 0.886. The molecule has 0 aromatic heterocycles. The molecule has 4 heteroatoms. The van der Waals surface area contributed by atoms with Gasteiger partial charge in [-0.25, -0.2) is 0 Å². The van der Waals surface area contributed by atoms with Gasteiger partial charge in [-0.3, -0.25) is 4.79 Å². The van der Waals surface area contributed by atoms with E-state index in [0.29, 0.717) is 23.5 Å². The Labute approximate surface area is 111 Å². The molecular formula is C15H14N2O2. The number of fused-ring (bicyclic) bond motifs is 1. The predicted molar refractivity (Wildman–Crippen MR) is 74.4 cm³/mol. The van der Waals surface area contributed by atoms with Crippen molar-refractivity contribution in [3.05, 3.63) is 53.6 Å². The highest BCUT2D eigenvalue weighted by Gasteiger charge is 2.17. The molecule has 3 rings (SSSR count). The van der Waals surface area contributed by atoms with Crippen LogP contribution in [-0.4, -0.2) is 12.5 Å². The number of nitrogen functional groups attached to an aromatic ring is 1. The van der Waals surface area contributed by atoms with Gasteiger partial charge in [0.1, 0.15) is 5.75 Å². The van der Waals surface area contributed by atoms with E-state index < -0.39 is 0 Å². The fourth-order valence-electron chi connectivity index (χ4n) is 2.19. The van der Waals surface area contributed by atoms with Gasteiger partial charge in [0.15, 0.2) is 0 Å². The Morgan fingerprint density at radius 3 is 2.89 bits per heavy atom. The molecule has 2 aromatic carbocycles. The van der Waals surface area contributed by atoms with Crippen LogP contribution in [0.4, 0.5) is 11.4 Å². The van der Waals surface area contributed by atoms with Crippen molar-refractivity contribution >= 4 is 17.3 Å². The molecule has 0 unspecified atom stereocenters. The van der Waals surface area contributed by atoms with E-state index >= 15 is 0 Å². The van der Waals surface area contributed by atoms with Crippen LogP contribution in [0.25, 0.3) is 0 Å². The summed E-state index contributed by atoms with van der Waals surface area (Å²) >= 11 is 0. The Bertz CT molecular complexity index is 638. The SMILES string of the molecule is Nc1cccc(C(=O)Nc2cccc3c2OCC3)c1. The van der Waals surface area contributed by atoms with Crippen LogP contribution >= 0.6 is 0 Å². The largest absolute Gasteiger partial charge is 0.491 e. The number of nitrogens with one attached hydrogen (secondary N) is 1. The summed E-state index contributed by atoms with van der Waals surface area (Å²) in [6, 6.07) is 12.7. The molecule has 2 aromatic rings. The minimum atomic E-state index is -0.184. The van der Waals surface area contributed by atoms with Crippen LogP contribution in [0.3, 0.4) is 0 Å². The second kappa shape index (κ2) is 4.65. The van der Waals surface area contributed by atoms with Crippen molar-refractivity contribution in [2.45, 2.75) is 6.42 Å². The lowest BCUT2D eigenvalue weighted by molar-refractivity contribution is 0.102. The normalized spacial score (nSPS) is 12.6. The second-order valence-corrected chi connectivity index (χ2v) is 4.47. The Kier molecular flexibility index (Phi) is 2.83. The van der Waals surface area contributed by atoms with Crippen LogP contribution in [0.15, 0.2) is 42.5 Å². The third-order valence-corrected chi connectivity index (χ3v) is 3.11. The highest BCUT2D eigenvalue weighted by molar-refractivity contribution is 6.05. The van der Waals surface area contributed by atoms with Crippen LogP contribution in [0, 0.1) is 0 Å². The van der Waals surface area contributed by atoms with Crippen LogP contribution in [-0.2, 0) is 6.42 Å². The molecule has 1 aliphatic heterocycles. The van der Waals surface area contributed by atoms with Gasteiger partial charge >= 0.3 is 0 Å². The second-order valence-electron chi connectivity index (χ2n) is 4.47. The van der Waals surface area contributed by atoms with Crippen LogP contribution in [0.2, 0.25) is 0 Å². The molecule has 0 aliphatic carbocycles. The summed E-state index contributed by atoms with van der Waals surface area (Å²) in [7, 11) is 0. The van der Waals surface area contributed by atoms with Gasteiger partial charge in [0.05, 0.1) is 12.3 Å². The van der Waals surface area contributed by atoms with E-state index in [1.807, 2.05) is 18.2 Å². The van der Waals surface area contributed by atoms with Gasteiger partial charge in [-0.2, -0.15) is 0 Å². The lowest BCUT2D eigenvalue weighted by Gasteiger charge is -2.10. The minimum Gasteiger partial charge on any atom is -0.491 e. The number of rotatable bonds is 2. The van der Waals surface area contributed by atoms with Gasteiger partial charge in [0.25, 0.3) is 5.91 Å². The molecule has 96 valence electrons. The first-order chi connectivity index (χ1) is 9.24. The molecule has 0 bridgehead atoms. The van der Waals surface area contributed by atoms with Gasteiger partial charge in [-0.1, -0.05) is 18.2 Å². The molecule has 3 N–H and O–H groups in total. The molecule has 1 heterocycles. The summed E-state index contributed by atoms with van der Waals surface area (Å²) in [4.78, 5) is 12.1. The summed E-state index contributed by atoms with van der Waals surface area (Å²) < 4.78 is 5.55. The Morgan fingerprint density at radius 2 is 2.05 bits per heavy atom. The minimum absolute atomic E-state index is 0.184. The fraction of sp³-hybridized carbons (Fsp3) is 0.133. The summed E-state index contributed by atoms with van der Waals surface area (Å²) in [5.41, 5.74) is 8.62. The van der Waals surface area contributed by atoms with Crippen molar-refractivity contribution in [1.29, 1.82) is 0 Å². The molecule has 0 spiro atoms. The lowest BCUT2D eigenvalue weighted by atomic mass is 10.1. The zero-order chi connectivity index (χ0) is 13.2. The molecule has 1 amide bonds. The van der Waals surface area contributed by atoms with Crippen LogP contribution in [0.1, 0.15) is 15.9 Å². The quantitative estimate of drug-likeness (QED) is 0.809. The van der Waals surface area contributed by atoms with Gasteiger partial charge in [-0.15, -0.1) is 0 Å². The van der Waals surface area contributed by atoms with E-state index in [1.165, 1.54) is 0 Å². The first-order valence-corrected chi connectivity index (χ1v) is 6.15. The number of carbonyl (C=O) groups excluding carboxylic acids is 1. The van der Waals surface area contributed by atoms with E-state index in [2.05, 4.69) is 5.32 Å². The monoisotopic (exact) mass is 254 g/mol. The van der Waals surface area contributed by atoms with E-state index in [4.69, 9.17) is 10.5 Å². The number of ether oxygens (including phenoxy) is 1. The zero-order valence-corrected chi connectivity index (χ0v) is 10.3. The Balaban J connectivity index is 1.86. The maximum atomic E-state index is 12.1. The predicted octanol–water partition coefficient (Wildman–Crippen LogP) is 2.46. The summed E-state index contributed by atoms with van der Waals surface area (Å²) in [5.74, 6) is 0.593. The number of benzene rings is 2. The average Bonchev–Trinajstić information content (AvgIpc) is 2.88. The third-order valence-electron chi connectivity index (χ3n) is 3.11. The number of para-hydroxylation sites is 1. The first-order valence-electron chi connectivity index (χ1n) is 6.15. The number of amides is 1. The van der Waals surface area contributed by atoms with E-state index in [9.17, 15) is 4.79 Å². The number of nitrogens with two attached hydrogens (primary N) is 1. The van der Waals surface area contributed by atoms with Crippen LogP contribution < -0.4 is 15.8 Å². The number of hydrogen-bond donors (Lipinski definition) is 2. The Morgan fingerprint density at radius 1 is 1.21 bits per heavy atom. The zero-order valence-electron chi connectivity index (χ0n) is 10.3. The standard InChI is InChI=1S/C15H14N2O2/c16-12-5-1-4-11(9-12)15(18)17-13-6-2-3-10-7-8-19-14(10)13/h1-6,9H,7-8,16H2,(H,17,18). The molecule has 0 saturated heterocycles. The summed E-state index contributed by atoms with van der Waals surface area (Å²) in [5, 5.41) is 2.87. The molecule has 0 saturated carbocycles. The van der Waals surface area contributed by atoms with Crippen molar-refractivity contribution < 1.29 is 9.53 Å². The number of anilines is 2. The van der Waals surface area contributed by atoms with Crippen molar-refractivity contribution in [1.82, 2.24) is 0 Å². The van der Waals surface area contributed by atoms with Crippen LogP contribution in [0.5, 0.6) is 5.75 Å². The summed E-state index contributed by atoms with van der Waals surface area (Å²) in [6.45, 7) is 0.667. The lowest BCUT2D eigenvalue weighted by Crippen LogP contribution is -2.12. The highest BCUT2D eigenvalue weighted by Crippen LogP contribution is 2.33. The van der Waals surface area contributed by atoms with Crippen molar-refractivity contribution in [2.75, 3.05) is 17.7 Å². The van der Waals surface area contributed by atoms with Gasteiger partial charge in [0, 0.05) is 17.7 Å². The van der Waals surface area contributed by atoms with Gasteiger partial charge in [-0.05, 0) is 29.8 Å². The third kappa shape index (κ3) is 2.25. The number of hydrogen-bond acceptors (Lipinski definition) is 3. The molecular weight excluding hydrogens is 240 g/mol. The molecule has 4 nitrogen and oxygen atoms in total. The first kappa shape index (κ1) is 11.6. The molecule has 0 fully saturated rings. The van der Waals surface area contributed by atoms with Crippen molar-refractivity contribution in [3.8, 4) is 5.75 Å². The molecule has 19 heavy (non-hydrogen) atoms. The van der Waals surface area contributed by atoms with Crippen molar-refractivity contribution in [2.24, 2.45) is 0 Å². The topological polar surface area (TPSA) is 64.4 Å². The van der Waals surface area contributed by atoms with E-state index in [0.717, 1.165) is 17.7 Å². The van der Waals surface area contributed by atoms with E-state index in [1.54, 1.807) is 24.3 Å². The van der Waals surface area contributed by atoms with Gasteiger partial charge in [0.2, 0.25) is 0 Å². The molecule has 0 radical (unpaired) electrons. The smallest absolute Gasteiger partial charge is 0.255 e. The van der Waals surface area contributed by atoms with E-state index in [-0.39, 0.29) is 5.91 Å². The molecule has 1 aliphatic rings.